The Kier molecular flexibility index (Phi) is 5.07. The van der Waals surface area contributed by atoms with Crippen LogP contribution in [0.4, 0.5) is 5.82 Å². The van der Waals surface area contributed by atoms with Gasteiger partial charge in [0.15, 0.2) is 11.5 Å². The molecule has 0 saturated carbocycles. The van der Waals surface area contributed by atoms with Gasteiger partial charge in [-0.2, -0.15) is 4.98 Å². The maximum atomic E-state index is 13.6. The zero-order chi connectivity index (χ0) is 23.8. The molecule has 0 aliphatic heterocycles. The lowest BCUT2D eigenvalue weighted by Gasteiger charge is -2.18. The molecule has 168 valence electrons. The van der Waals surface area contributed by atoms with E-state index in [1.807, 2.05) is 18.2 Å². The molecule has 5 rings (SSSR count). The average Bonchev–Trinajstić information content (AvgIpc) is 3.39. The van der Waals surface area contributed by atoms with Gasteiger partial charge in [0.05, 0.1) is 17.3 Å². The number of carbonyl (C=O) groups excluding carboxylic acids is 1. The molecule has 0 saturated heterocycles. The number of para-hydroxylation sites is 1. The molecule has 10 heteroatoms. The molecule has 1 aromatic carbocycles. The molecule has 5 aromatic rings. The second-order valence-corrected chi connectivity index (χ2v) is 7.49. The quantitative estimate of drug-likeness (QED) is 0.399. The monoisotopic (exact) mass is 453 g/mol. The number of hydrogen-bond acceptors (Lipinski definition) is 7. The zero-order valence-electron chi connectivity index (χ0n) is 18.3. The predicted molar refractivity (Wildman–Crippen MR) is 125 cm³/mol. The summed E-state index contributed by atoms with van der Waals surface area (Å²) in [6.07, 6.45) is 4.60. The maximum absolute atomic E-state index is 13.6. The van der Waals surface area contributed by atoms with Crippen molar-refractivity contribution in [1.82, 2.24) is 29.5 Å². The van der Waals surface area contributed by atoms with Crippen molar-refractivity contribution in [3.05, 3.63) is 82.4 Å². The van der Waals surface area contributed by atoms with Crippen molar-refractivity contribution < 1.29 is 9.21 Å². The Balaban J connectivity index is 1.64. The first-order valence-corrected chi connectivity index (χ1v) is 10.4. The maximum Gasteiger partial charge on any atom is 0.270 e. The number of carbonyl (C=O) groups is 1. The minimum absolute atomic E-state index is 0.0427. The van der Waals surface area contributed by atoms with Gasteiger partial charge in [0.2, 0.25) is 5.71 Å². The van der Waals surface area contributed by atoms with E-state index in [9.17, 15) is 9.59 Å². The molecule has 34 heavy (non-hydrogen) atoms. The van der Waals surface area contributed by atoms with Crippen LogP contribution in [0.5, 0.6) is 0 Å². The van der Waals surface area contributed by atoms with Gasteiger partial charge in [0.1, 0.15) is 23.0 Å². The van der Waals surface area contributed by atoms with Crippen LogP contribution in [-0.4, -0.2) is 30.1 Å². The summed E-state index contributed by atoms with van der Waals surface area (Å²) in [6, 6.07) is 10.0. The second-order valence-electron chi connectivity index (χ2n) is 7.49. The van der Waals surface area contributed by atoms with Crippen LogP contribution in [-0.2, 0) is 0 Å². The van der Waals surface area contributed by atoms with Crippen LogP contribution in [0.25, 0.3) is 22.4 Å². The van der Waals surface area contributed by atoms with E-state index in [-0.39, 0.29) is 33.9 Å². The fourth-order valence-corrected chi connectivity index (χ4v) is 3.81. The average molecular weight is 453 g/mol. The van der Waals surface area contributed by atoms with E-state index in [1.54, 1.807) is 44.4 Å². The number of nitrogen functional groups attached to an aromatic ring is 1. The summed E-state index contributed by atoms with van der Waals surface area (Å²) in [7, 11) is 0. The van der Waals surface area contributed by atoms with Crippen LogP contribution in [0.3, 0.4) is 0 Å². The van der Waals surface area contributed by atoms with Gasteiger partial charge in [-0.15, -0.1) is 11.0 Å². The number of nitrogens with one attached hydrogen (secondary N) is 1. The van der Waals surface area contributed by atoms with Crippen molar-refractivity contribution in [3.8, 4) is 17.5 Å². The SMILES string of the molecule is CC#Cc1coc2nc([C@H](C)NC(=O)c3c(N)nn4cccnc34)n(-c3ccccc3)c(=O)c12. The largest absolute Gasteiger partial charge is 0.445 e. The number of hydrogen-bond donors (Lipinski definition) is 2. The Bertz CT molecular complexity index is 1670. The standard InChI is InChI=1S/C24H19N7O3/c1-3-8-15-13-34-23-17(15)24(33)31(16-9-5-4-6-10-16)20(28-23)14(2)27-22(32)18-19(25)29-30-12-7-11-26-21(18)30/h4-7,9-14H,1-2H3,(H2,25,29)(H,27,32)/t14-/m0/s1. The fraction of sp³-hybridized carbons (Fsp3) is 0.125. The summed E-state index contributed by atoms with van der Waals surface area (Å²) < 4.78 is 8.41. The zero-order valence-corrected chi connectivity index (χ0v) is 18.3. The molecule has 4 aromatic heterocycles. The molecule has 0 unspecified atom stereocenters. The number of benzene rings is 1. The third-order valence-corrected chi connectivity index (χ3v) is 5.29. The molecular weight excluding hydrogens is 434 g/mol. The van der Waals surface area contributed by atoms with Crippen molar-refractivity contribution in [2.24, 2.45) is 0 Å². The Hall–Kier alpha value is -4.91. The first-order valence-electron chi connectivity index (χ1n) is 10.4. The lowest BCUT2D eigenvalue weighted by Crippen LogP contribution is -2.33. The normalized spacial score (nSPS) is 11.8. The molecule has 0 bridgehead atoms. The molecule has 10 nitrogen and oxygen atoms in total. The highest BCUT2D eigenvalue weighted by Crippen LogP contribution is 2.22. The van der Waals surface area contributed by atoms with E-state index < -0.39 is 11.9 Å². The minimum Gasteiger partial charge on any atom is -0.445 e. The first kappa shape index (κ1) is 21.0. The number of aromatic nitrogens is 5. The van der Waals surface area contributed by atoms with Crippen molar-refractivity contribution in [2.45, 2.75) is 19.9 Å². The second kappa shape index (κ2) is 8.22. The summed E-state index contributed by atoms with van der Waals surface area (Å²) in [5.74, 6) is 5.48. The van der Waals surface area contributed by atoms with Crippen molar-refractivity contribution in [2.75, 3.05) is 5.73 Å². The highest BCUT2D eigenvalue weighted by atomic mass is 16.3. The Labute approximate surface area is 193 Å². The number of nitrogens with two attached hydrogens (primary N) is 1. The van der Waals surface area contributed by atoms with Gasteiger partial charge in [0.25, 0.3) is 11.5 Å². The van der Waals surface area contributed by atoms with Crippen LogP contribution < -0.4 is 16.6 Å². The Morgan fingerprint density at radius 2 is 2.03 bits per heavy atom. The molecule has 4 heterocycles. The first-order chi connectivity index (χ1) is 16.5. The Morgan fingerprint density at radius 1 is 1.24 bits per heavy atom. The molecule has 0 spiro atoms. The van der Waals surface area contributed by atoms with E-state index in [0.717, 1.165) is 0 Å². The Morgan fingerprint density at radius 3 is 2.79 bits per heavy atom. The fourth-order valence-electron chi connectivity index (χ4n) is 3.81. The number of fused-ring (bicyclic) bond motifs is 2. The topological polar surface area (TPSA) is 133 Å². The number of furan rings is 1. The summed E-state index contributed by atoms with van der Waals surface area (Å²) in [5.41, 5.74) is 7.28. The summed E-state index contributed by atoms with van der Waals surface area (Å²) in [4.78, 5) is 35.5. The minimum atomic E-state index is -0.700. The van der Waals surface area contributed by atoms with E-state index in [0.29, 0.717) is 16.9 Å². The summed E-state index contributed by atoms with van der Waals surface area (Å²) in [6.45, 7) is 3.39. The number of nitrogens with zero attached hydrogens (tertiary/aromatic N) is 5. The summed E-state index contributed by atoms with van der Waals surface area (Å²) >= 11 is 0. The molecule has 1 atom stereocenters. The van der Waals surface area contributed by atoms with Crippen LogP contribution >= 0.6 is 0 Å². The van der Waals surface area contributed by atoms with Crippen molar-refractivity contribution in [3.63, 3.8) is 0 Å². The van der Waals surface area contributed by atoms with Crippen LogP contribution in [0.15, 0.2) is 64.3 Å². The van der Waals surface area contributed by atoms with E-state index in [4.69, 9.17) is 10.2 Å². The number of anilines is 1. The number of rotatable bonds is 4. The van der Waals surface area contributed by atoms with E-state index in [2.05, 4.69) is 32.2 Å². The van der Waals surface area contributed by atoms with Gasteiger partial charge in [-0.1, -0.05) is 24.1 Å². The van der Waals surface area contributed by atoms with Gasteiger partial charge >= 0.3 is 0 Å². The number of amides is 1. The lowest BCUT2D eigenvalue weighted by molar-refractivity contribution is 0.0940. The molecule has 0 aliphatic rings. The van der Waals surface area contributed by atoms with Gasteiger partial charge in [-0.3, -0.25) is 14.2 Å². The highest BCUT2D eigenvalue weighted by molar-refractivity contribution is 6.04. The van der Waals surface area contributed by atoms with Crippen molar-refractivity contribution >= 4 is 28.5 Å². The van der Waals surface area contributed by atoms with Crippen LogP contribution in [0.2, 0.25) is 0 Å². The highest BCUT2D eigenvalue weighted by Gasteiger charge is 2.25. The molecule has 0 aliphatic carbocycles. The lowest BCUT2D eigenvalue weighted by atomic mass is 10.2. The smallest absolute Gasteiger partial charge is 0.270 e. The van der Waals surface area contributed by atoms with Gasteiger partial charge in [0, 0.05) is 12.4 Å². The molecule has 3 N–H and O–H groups in total. The van der Waals surface area contributed by atoms with Crippen LogP contribution in [0, 0.1) is 11.8 Å². The van der Waals surface area contributed by atoms with Gasteiger partial charge < -0.3 is 15.5 Å². The summed E-state index contributed by atoms with van der Waals surface area (Å²) in [5, 5.41) is 7.26. The van der Waals surface area contributed by atoms with E-state index >= 15 is 0 Å². The third kappa shape index (κ3) is 3.36. The third-order valence-electron chi connectivity index (χ3n) is 5.29. The predicted octanol–water partition coefficient (Wildman–Crippen LogP) is 2.47. The van der Waals surface area contributed by atoms with Gasteiger partial charge in [-0.25, -0.2) is 9.50 Å². The van der Waals surface area contributed by atoms with Crippen molar-refractivity contribution in [1.29, 1.82) is 0 Å². The van der Waals surface area contributed by atoms with E-state index in [1.165, 1.54) is 15.3 Å². The van der Waals surface area contributed by atoms with Gasteiger partial charge in [-0.05, 0) is 32.0 Å². The molecule has 1 amide bonds. The molecule has 0 fully saturated rings. The van der Waals surface area contributed by atoms with Crippen LogP contribution in [0.1, 0.15) is 41.6 Å². The molecular formula is C24H19N7O3. The molecule has 0 radical (unpaired) electrons.